The van der Waals surface area contributed by atoms with Crippen molar-refractivity contribution in [1.82, 2.24) is 19.9 Å². The fourth-order valence-electron chi connectivity index (χ4n) is 8.25. The van der Waals surface area contributed by atoms with E-state index in [1.807, 2.05) is 6.92 Å². The van der Waals surface area contributed by atoms with Crippen molar-refractivity contribution >= 4 is 27.5 Å². The molecule has 8 rings (SSSR count). The Bertz CT molecular complexity index is 1790. The molecule has 11 heteroatoms. The maximum absolute atomic E-state index is 16.8. The molecular weight excluding hydrogens is 580 g/mol. The first kappa shape index (κ1) is 28.8. The molecule has 2 aromatic carbocycles. The van der Waals surface area contributed by atoms with Crippen LogP contribution in [0.5, 0.6) is 11.8 Å². The summed E-state index contributed by atoms with van der Waals surface area (Å²) in [6.45, 7) is 5.78. The van der Waals surface area contributed by atoms with Gasteiger partial charge in [-0.2, -0.15) is 9.97 Å². The average molecular weight is 618 g/mol. The molecule has 5 heterocycles. The Labute approximate surface area is 259 Å². The summed E-state index contributed by atoms with van der Waals surface area (Å²) in [7, 11) is 0. The third-order valence-electron chi connectivity index (χ3n) is 10.4. The first-order valence-corrected chi connectivity index (χ1v) is 16.1. The molecule has 0 amide bonds. The molecule has 45 heavy (non-hydrogen) atoms. The van der Waals surface area contributed by atoms with E-state index in [2.05, 4.69) is 19.8 Å². The number of anilines is 1. The first-order chi connectivity index (χ1) is 21.9. The zero-order chi connectivity index (χ0) is 30.8. The van der Waals surface area contributed by atoms with Crippen LogP contribution in [0.25, 0.3) is 32.9 Å². The van der Waals surface area contributed by atoms with E-state index < -0.39 is 11.6 Å². The summed E-state index contributed by atoms with van der Waals surface area (Å²) >= 11 is 0. The summed E-state index contributed by atoms with van der Waals surface area (Å²) in [4.78, 5) is 18.5. The molecule has 2 N–H and O–H groups in total. The van der Waals surface area contributed by atoms with E-state index in [1.54, 1.807) is 18.3 Å². The SMILES string of the molecule is CCc1c(F)ccc2cc(O)cc(-c3ncc4c(N5C[C@@H]6C[C@H](C5)[C@H](O)C6)nc(OC[C@@H]5CC[C@H]6COCCN65)nc4c3F)c12. The minimum atomic E-state index is -0.687. The van der Waals surface area contributed by atoms with Crippen molar-refractivity contribution < 1.29 is 28.5 Å². The Morgan fingerprint density at radius 1 is 1.11 bits per heavy atom. The fraction of sp³-hybridized carbons (Fsp3) is 0.500. The second-order valence-electron chi connectivity index (χ2n) is 13.1. The van der Waals surface area contributed by atoms with Crippen molar-refractivity contribution in [2.24, 2.45) is 11.8 Å². The van der Waals surface area contributed by atoms with Crippen LogP contribution in [0.4, 0.5) is 14.6 Å². The van der Waals surface area contributed by atoms with Gasteiger partial charge in [0.15, 0.2) is 5.82 Å². The van der Waals surface area contributed by atoms with Crippen LogP contribution in [0.2, 0.25) is 0 Å². The second kappa shape index (κ2) is 11.3. The number of halogens is 2. The number of aliphatic hydroxyl groups excluding tert-OH is 1. The number of hydrogen-bond donors (Lipinski definition) is 2. The van der Waals surface area contributed by atoms with Gasteiger partial charge in [-0.05, 0) is 72.6 Å². The highest BCUT2D eigenvalue weighted by Crippen LogP contribution is 2.42. The van der Waals surface area contributed by atoms with Crippen molar-refractivity contribution in [3.8, 4) is 23.0 Å². The van der Waals surface area contributed by atoms with Crippen molar-refractivity contribution in [3.63, 3.8) is 0 Å². The molecule has 5 atom stereocenters. The lowest BCUT2D eigenvalue weighted by molar-refractivity contribution is -0.0101. The topological polar surface area (TPSA) is 104 Å². The molecule has 4 aliphatic rings. The second-order valence-corrected chi connectivity index (χ2v) is 13.1. The number of aromatic nitrogens is 3. The number of aryl methyl sites for hydroxylation is 1. The lowest BCUT2D eigenvalue weighted by atomic mass is 9.94. The lowest BCUT2D eigenvalue weighted by Gasteiger charge is -2.34. The average Bonchev–Trinajstić information content (AvgIpc) is 3.57. The largest absolute Gasteiger partial charge is 0.508 e. The van der Waals surface area contributed by atoms with Crippen molar-refractivity contribution in [3.05, 3.63) is 47.7 Å². The van der Waals surface area contributed by atoms with Gasteiger partial charge in [0.25, 0.3) is 0 Å². The zero-order valence-electron chi connectivity index (χ0n) is 25.3. The first-order valence-electron chi connectivity index (χ1n) is 16.1. The van der Waals surface area contributed by atoms with Gasteiger partial charge in [0, 0.05) is 49.4 Å². The van der Waals surface area contributed by atoms with Crippen LogP contribution < -0.4 is 9.64 Å². The summed E-state index contributed by atoms with van der Waals surface area (Å²) in [5, 5.41) is 22.7. The fourth-order valence-corrected chi connectivity index (χ4v) is 8.25. The molecule has 4 fully saturated rings. The van der Waals surface area contributed by atoms with E-state index in [4.69, 9.17) is 14.5 Å². The van der Waals surface area contributed by atoms with Crippen LogP contribution in [0, 0.1) is 23.5 Å². The molecule has 3 saturated heterocycles. The van der Waals surface area contributed by atoms with Gasteiger partial charge in [0.1, 0.15) is 35.2 Å². The maximum Gasteiger partial charge on any atom is 0.319 e. The van der Waals surface area contributed by atoms with Gasteiger partial charge in [0.05, 0.1) is 24.7 Å². The number of aromatic hydroxyl groups is 1. The lowest BCUT2D eigenvalue weighted by Crippen LogP contribution is -2.46. The quantitative estimate of drug-likeness (QED) is 0.315. The van der Waals surface area contributed by atoms with E-state index in [1.165, 1.54) is 12.1 Å². The zero-order valence-corrected chi connectivity index (χ0v) is 25.3. The number of piperidine rings is 1. The molecule has 2 aromatic heterocycles. The standard InChI is InChI=1S/C34H37F2N5O4/c1-2-24-27(35)6-3-19-11-23(42)12-25(29(19)24)31-30(36)32-26(13-37-31)33(40-14-18-9-20(15-40)28(43)10-18)39-34(38-32)45-17-22-5-4-21-16-44-8-7-41(21)22/h3,6,11-13,18,20-22,28,42-43H,2,4-5,7-10,14-17H2,1H3/t18-,20-,21+,22+,28-/m1/s1. The third kappa shape index (κ3) is 4.96. The summed E-state index contributed by atoms with van der Waals surface area (Å²) in [6, 6.07) is 6.59. The number of nitrogens with zero attached hydrogens (tertiary/aromatic N) is 5. The van der Waals surface area contributed by atoms with E-state index >= 15 is 4.39 Å². The van der Waals surface area contributed by atoms with Crippen molar-refractivity contribution in [2.45, 2.75) is 57.2 Å². The number of rotatable bonds is 6. The summed E-state index contributed by atoms with van der Waals surface area (Å²) in [6.07, 6.45) is 5.31. The van der Waals surface area contributed by atoms with Crippen LogP contribution in [-0.2, 0) is 11.2 Å². The maximum atomic E-state index is 16.8. The number of fused-ring (bicyclic) bond motifs is 5. The van der Waals surface area contributed by atoms with Crippen LogP contribution in [-0.4, -0.2) is 87.7 Å². The number of ether oxygens (including phenoxy) is 2. The van der Waals surface area contributed by atoms with E-state index in [-0.39, 0.29) is 41.0 Å². The molecule has 3 aliphatic heterocycles. The van der Waals surface area contributed by atoms with E-state index in [9.17, 15) is 14.6 Å². The summed E-state index contributed by atoms with van der Waals surface area (Å²) in [5.41, 5.74) is 0.754. The molecule has 0 unspecified atom stereocenters. The monoisotopic (exact) mass is 617 g/mol. The number of hydrogen-bond acceptors (Lipinski definition) is 9. The van der Waals surface area contributed by atoms with Gasteiger partial charge in [-0.15, -0.1) is 0 Å². The molecule has 0 radical (unpaired) electrons. The number of phenols is 1. The van der Waals surface area contributed by atoms with Crippen LogP contribution >= 0.6 is 0 Å². The van der Waals surface area contributed by atoms with Crippen molar-refractivity contribution in [1.29, 1.82) is 0 Å². The number of morpholine rings is 1. The molecule has 1 saturated carbocycles. The Balaban J connectivity index is 1.24. The number of aliphatic hydroxyl groups is 1. The molecule has 1 aliphatic carbocycles. The van der Waals surface area contributed by atoms with Gasteiger partial charge in [-0.3, -0.25) is 9.88 Å². The van der Waals surface area contributed by atoms with Crippen molar-refractivity contribution in [2.75, 3.05) is 44.4 Å². The van der Waals surface area contributed by atoms with Gasteiger partial charge in [0.2, 0.25) is 0 Å². The van der Waals surface area contributed by atoms with Crippen LogP contribution in [0.3, 0.4) is 0 Å². The minimum Gasteiger partial charge on any atom is -0.508 e. The highest BCUT2D eigenvalue weighted by Gasteiger charge is 2.41. The summed E-state index contributed by atoms with van der Waals surface area (Å²) in [5.74, 6) is -0.173. The summed E-state index contributed by atoms with van der Waals surface area (Å²) < 4.78 is 43.7. The Kier molecular flexibility index (Phi) is 7.22. The number of benzene rings is 2. The predicted octanol–water partition coefficient (Wildman–Crippen LogP) is 4.84. The predicted molar refractivity (Wildman–Crippen MR) is 165 cm³/mol. The molecule has 2 bridgehead atoms. The van der Waals surface area contributed by atoms with Gasteiger partial charge < -0.3 is 24.6 Å². The molecular formula is C34H37F2N5O4. The van der Waals surface area contributed by atoms with Crippen LogP contribution in [0.1, 0.15) is 38.2 Å². The minimum absolute atomic E-state index is 0.0274. The third-order valence-corrected chi connectivity index (χ3v) is 10.4. The van der Waals surface area contributed by atoms with Gasteiger partial charge in [-0.25, -0.2) is 8.78 Å². The Morgan fingerprint density at radius 2 is 2.00 bits per heavy atom. The van der Waals surface area contributed by atoms with E-state index in [0.29, 0.717) is 77.8 Å². The van der Waals surface area contributed by atoms with Gasteiger partial charge in [-0.1, -0.05) is 13.0 Å². The van der Waals surface area contributed by atoms with E-state index in [0.717, 1.165) is 38.8 Å². The molecule has 236 valence electrons. The highest BCUT2D eigenvalue weighted by molar-refractivity contribution is 6.01. The number of phenolic OH excluding ortho intramolecular Hbond substituents is 1. The van der Waals surface area contributed by atoms with Crippen LogP contribution in [0.15, 0.2) is 30.5 Å². The normalized spacial score (nSPS) is 26.6. The smallest absolute Gasteiger partial charge is 0.319 e. The molecule has 4 aromatic rings. The Hall–Kier alpha value is -3.67. The molecule has 9 nitrogen and oxygen atoms in total. The molecule has 0 spiro atoms. The Morgan fingerprint density at radius 3 is 2.84 bits per heavy atom. The number of pyridine rings is 1. The van der Waals surface area contributed by atoms with Gasteiger partial charge >= 0.3 is 6.01 Å². The highest BCUT2D eigenvalue weighted by atomic mass is 19.1.